The van der Waals surface area contributed by atoms with Crippen LogP contribution in [0.1, 0.15) is 37.7 Å². The molecule has 6 rings (SSSR count). The van der Waals surface area contributed by atoms with Crippen molar-refractivity contribution in [3.63, 3.8) is 0 Å². The first kappa shape index (κ1) is 41.7. The predicted octanol–water partition coefficient (Wildman–Crippen LogP) is 5.66. The van der Waals surface area contributed by atoms with Crippen LogP contribution < -0.4 is 16.0 Å². The summed E-state index contributed by atoms with van der Waals surface area (Å²) in [4.78, 5) is 57.8. The maximum Gasteiger partial charge on any atom is 0.411 e. The molecule has 0 aromatic heterocycles. The Hall–Kier alpha value is -5.89. The largest absolute Gasteiger partial charge is 0.506 e. The molecule has 0 spiro atoms. The van der Waals surface area contributed by atoms with Crippen molar-refractivity contribution < 1.29 is 34.1 Å². The van der Waals surface area contributed by atoms with Gasteiger partial charge in [-0.15, -0.1) is 0 Å². The Balaban J connectivity index is 0.826. The molecular weight excluding hydrogens is 737 g/mol. The fraction of sp³-hybridized carbons (Fsp3) is 0.356. The highest BCUT2D eigenvalue weighted by Gasteiger charge is 2.31. The molecule has 3 aliphatic rings. The molecule has 0 bridgehead atoms. The van der Waals surface area contributed by atoms with Crippen molar-refractivity contribution in [2.24, 2.45) is 10.9 Å². The van der Waals surface area contributed by atoms with Gasteiger partial charge in [-0.2, -0.15) is 0 Å². The van der Waals surface area contributed by atoms with E-state index in [2.05, 4.69) is 25.8 Å². The molecule has 58 heavy (non-hydrogen) atoms. The van der Waals surface area contributed by atoms with Crippen molar-refractivity contribution >= 4 is 40.9 Å². The highest BCUT2D eigenvalue weighted by atomic mass is 16.6. The fourth-order valence-electron chi connectivity index (χ4n) is 7.33. The standard InChI is InChI=1S/C45H52N6O7/c1-50(43(56)23-28-51-26-21-34(22-27-51)58-45(57)48-38-14-6-5-13-35(38)32-10-3-2-4-11-32)25-8-15-41(54)47-33-12-7-9-31(29-33)20-24-46-30-40(53)36-16-18-39(52)44-37(36)17-19-42(55)49-44/h2-7,9-14,16-19,29,34,37,40,46,52-53H,8,15,20-28,30H2,1H3,(H,47,54)(H,48,57)/t37?,40-/m0/s1. The summed E-state index contributed by atoms with van der Waals surface area (Å²) < 4.78 is 5.75. The number of anilines is 2. The van der Waals surface area contributed by atoms with Gasteiger partial charge in [0, 0.05) is 75.9 Å². The molecule has 0 saturated carbocycles. The zero-order valence-corrected chi connectivity index (χ0v) is 32.8. The summed E-state index contributed by atoms with van der Waals surface area (Å²) >= 11 is 0. The summed E-state index contributed by atoms with van der Waals surface area (Å²) in [6.45, 7) is 3.43. The molecule has 4 amide bonds. The van der Waals surface area contributed by atoms with Crippen molar-refractivity contribution in [2.45, 2.75) is 50.7 Å². The normalized spacial score (nSPS) is 17.3. The minimum absolute atomic E-state index is 0.0246. The first-order valence-corrected chi connectivity index (χ1v) is 19.9. The Kier molecular flexibility index (Phi) is 14.8. The van der Waals surface area contributed by atoms with Gasteiger partial charge in [-0.25, -0.2) is 9.79 Å². The number of allylic oxidation sites excluding steroid dienone is 4. The summed E-state index contributed by atoms with van der Waals surface area (Å²) in [7, 11) is 1.76. The maximum absolute atomic E-state index is 12.9. The van der Waals surface area contributed by atoms with E-state index in [1.165, 1.54) is 12.2 Å². The Labute approximate surface area is 339 Å². The van der Waals surface area contributed by atoms with E-state index in [0.29, 0.717) is 68.7 Å². The van der Waals surface area contributed by atoms with E-state index in [0.717, 1.165) is 29.8 Å². The second-order valence-corrected chi connectivity index (χ2v) is 14.8. The number of piperidine rings is 1. The molecule has 13 nitrogen and oxygen atoms in total. The number of carbonyl (C=O) groups is 4. The maximum atomic E-state index is 12.9. The molecular formula is C45H52N6O7. The van der Waals surface area contributed by atoms with Gasteiger partial charge >= 0.3 is 6.09 Å². The molecule has 3 aromatic rings. The first-order chi connectivity index (χ1) is 28.1. The summed E-state index contributed by atoms with van der Waals surface area (Å²) in [5, 5.41) is 30.0. The number of hydrogen-bond donors (Lipinski definition) is 5. The van der Waals surface area contributed by atoms with Gasteiger partial charge < -0.3 is 35.4 Å². The molecule has 0 radical (unpaired) electrons. The van der Waals surface area contributed by atoms with Crippen LogP contribution in [0.3, 0.4) is 0 Å². The smallest absolute Gasteiger partial charge is 0.411 e. The SMILES string of the molecule is CN(CCCC(=O)Nc1cccc(CCNC[C@H](O)C2=CC=C(O)C3=NC(=O)C=CC23)c1)C(=O)CCN1CCC(OC(=O)Nc2ccccc2-c2ccccc2)CC1. The average Bonchev–Trinajstić information content (AvgIpc) is 3.23. The highest BCUT2D eigenvalue weighted by molar-refractivity contribution is 6.13. The third-order valence-electron chi connectivity index (χ3n) is 10.6. The van der Waals surface area contributed by atoms with Crippen LogP contribution in [-0.4, -0.2) is 108 Å². The molecule has 2 heterocycles. The molecule has 1 unspecified atom stereocenters. The van der Waals surface area contributed by atoms with E-state index in [1.54, 1.807) is 24.1 Å². The zero-order valence-electron chi connectivity index (χ0n) is 32.8. The lowest BCUT2D eigenvalue weighted by atomic mass is 9.84. The first-order valence-electron chi connectivity index (χ1n) is 19.9. The molecule has 2 aliphatic heterocycles. The van der Waals surface area contributed by atoms with Crippen LogP contribution in [0.4, 0.5) is 16.2 Å². The van der Waals surface area contributed by atoms with Crippen molar-refractivity contribution in [1.29, 1.82) is 0 Å². The number of para-hydroxylation sites is 1. The molecule has 2 atom stereocenters. The number of carbonyl (C=O) groups excluding carboxylic acids is 4. The Morgan fingerprint density at radius 3 is 2.55 bits per heavy atom. The van der Waals surface area contributed by atoms with Gasteiger partial charge in [-0.3, -0.25) is 19.7 Å². The van der Waals surface area contributed by atoms with Crippen LogP contribution in [0, 0.1) is 5.92 Å². The van der Waals surface area contributed by atoms with Crippen molar-refractivity contribution in [2.75, 3.05) is 56.9 Å². The number of amides is 4. The van der Waals surface area contributed by atoms with E-state index >= 15 is 0 Å². The molecule has 3 aromatic carbocycles. The number of dihydropyridines is 1. The number of aliphatic hydroxyl groups excluding tert-OH is 2. The number of benzene rings is 3. The van der Waals surface area contributed by atoms with Crippen LogP contribution in [0.2, 0.25) is 0 Å². The van der Waals surface area contributed by atoms with E-state index < -0.39 is 24.0 Å². The molecule has 1 saturated heterocycles. The number of nitrogens with zero attached hydrogens (tertiary/aromatic N) is 3. The molecule has 5 N–H and O–H groups in total. The van der Waals surface area contributed by atoms with E-state index in [-0.39, 0.29) is 42.4 Å². The monoisotopic (exact) mass is 788 g/mol. The van der Waals surface area contributed by atoms with E-state index in [1.807, 2.05) is 78.9 Å². The van der Waals surface area contributed by atoms with Gasteiger partial charge in [-0.1, -0.05) is 72.8 Å². The number of likely N-dealkylation sites (tertiary alicyclic amines) is 1. The number of hydrogen-bond acceptors (Lipinski definition) is 9. The summed E-state index contributed by atoms with van der Waals surface area (Å²) in [5.74, 6) is -1.05. The number of rotatable bonds is 17. The minimum atomic E-state index is -0.834. The summed E-state index contributed by atoms with van der Waals surface area (Å²) in [6.07, 6.45) is 7.85. The summed E-state index contributed by atoms with van der Waals surface area (Å²) in [5.41, 5.74) is 5.25. The number of fused-ring (bicyclic) bond motifs is 1. The average molecular weight is 789 g/mol. The Morgan fingerprint density at radius 1 is 0.966 bits per heavy atom. The molecule has 1 fully saturated rings. The topological polar surface area (TPSA) is 173 Å². The van der Waals surface area contributed by atoms with Gasteiger partial charge in [0.1, 0.15) is 11.9 Å². The molecule has 1 aliphatic carbocycles. The van der Waals surface area contributed by atoms with Crippen LogP contribution in [0.25, 0.3) is 11.1 Å². The fourth-order valence-corrected chi connectivity index (χ4v) is 7.33. The Morgan fingerprint density at radius 2 is 1.74 bits per heavy atom. The zero-order chi connectivity index (χ0) is 40.9. The van der Waals surface area contributed by atoms with E-state index in [4.69, 9.17) is 4.74 Å². The number of aliphatic imine (C=N–C) groups is 1. The van der Waals surface area contributed by atoms with Gasteiger partial charge in [0.25, 0.3) is 5.91 Å². The lowest BCUT2D eigenvalue weighted by Gasteiger charge is -2.31. The second-order valence-electron chi connectivity index (χ2n) is 14.8. The third-order valence-corrected chi connectivity index (χ3v) is 10.6. The highest BCUT2D eigenvalue weighted by Crippen LogP contribution is 2.29. The van der Waals surface area contributed by atoms with Crippen molar-refractivity contribution in [1.82, 2.24) is 15.1 Å². The van der Waals surface area contributed by atoms with E-state index in [9.17, 15) is 29.4 Å². The molecule has 13 heteroatoms. The Bertz CT molecular complexity index is 2050. The van der Waals surface area contributed by atoms with Crippen LogP contribution in [0.5, 0.6) is 0 Å². The quantitative estimate of drug-likeness (QED) is 0.108. The lowest BCUT2D eigenvalue weighted by molar-refractivity contribution is -0.130. The summed E-state index contributed by atoms with van der Waals surface area (Å²) in [6, 6.07) is 25.2. The lowest BCUT2D eigenvalue weighted by Crippen LogP contribution is -2.40. The van der Waals surface area contributed by atoms with Crippen molar-refractivity contribution in [3.8, 4) is 11.1 Å². The van der Waals surface area contributed by atoms with Crippen LogP contribution in [-0.2, 0) is 25.5 Å². The number of ether oxygens (including phenoxy) is 1. The van der Waals surface area contributed by atoms with Crippen LogP contribution >= 0.6 is 0 Å². The molecule has 304 valence electrons. The van der Waals surface area contributed by atoms with Gasteiger partial charge in [0.15, 0.2) is 0 Å². The van der Waals surface area contributed by atoms with Crippen molar-refractivity contribution in [3.05, 3.63) is 120 Å². The van der Waals surface area contributed by atoms with Gasteiger partial charge in [0.2, 0.25) is 11.8 Å². The second kappa shape index (κ2) is 20.5. The third kappa shape index (κ3) is 11.8. The predicted molar refractivity (Wildman–Crippen MR) is 224 cm³/mol. The van der Waals surface area contributed by atoms with Crippen LogP contribution in [0.15, 0.2) is 119 Å². The minimum Gasteiger partial charge on any atom is -0.506 e. The van der Waals surface area contributed by atoms with Gasteiger partial charge in [0.05, 0.1) is 17.5 Å². The number of aliphatic hydroxyl groups is 2. The van der Waals surface area contributed by atoms with Gasteiger partial charge in [-0.05, 0) is 73.2 Å². The number of nitrogens with one attached hydrogen (secondary N) is 3.